The van der Waals surface area contributed by atoms with Crippen molar-refractivity contribution in [2.45, 2.75) is 6.54 Å². The van der Waals surface area contributed by atoms with Crippen LogP contribution >= 0.6 is 27.3 Å². The molecule has 0 fully saturated rings. The van der Waals surface area contributed by atoms with Crippen LogP contribution in [0.15, 0.2) is 22.1 Å². The van der Waals surface area contributed by atoms with Crippen LogP contribution in [0.25, 0.3) is 10.6 Å². The average molecular weight is 316 g/mol. The molecule has 0 spiro atoms. The lowest BCUT2D eigenvalue weighted by Gasteiger charge is -2.04. The first kappa shape index (κ1) is 12.8. The van der Waals surface area contributed by atoms with Gasteiger partial charge in [-0.05, 0) is 27.4 Å². The third-order valence-corrected chi connectivity index (χ3v) is 4.22. The summed E-state index contributed by atoms with van der Waals surface area (Å²) < 4.78 is 6.09. The van der Waals surface area contributed by atoms with Crippen molar-refractivity contribution in [1.29, 1.82) is 0 Å². The van der Waals surface area contributed by atoms with E-state index in [1.54, 1.807) is 18.4 Å². The smallest absolute Gasteiger partial charge is 0.0806 e. The molecule has 0 unspecified atom stereocenters. The molecule has 0 aromatic carbocycles. The molecule has 0 atom stereocenters. The standard InChI is InChI=1S/C11H14BrN3OS/c1-16-4-3-13-6-8-7-14-15-10(8)11-9(12)2-5-17-11/h2,5,7,13H,3-4,6H2,1H3,(H,14,15). The number of hydrogen-bond donors (Lipinski definition) is 2. The quantitative estimate of drug-likeness (QED) is 0.806. The van der Waals surface area contributed by atoms with Crippen molar-refractivity contribution in [1.82, 2.24) is 15.5 Å². The molecule has 17 heavy (non-hydrogen) atoms. The molecule has 0 saturated carbocycles. The highest BCUT2D eigenvalue weighted by Crippen LogP contribution is 2.33. The number of thiophene rings is 1. The van der Waals surface area contributed by atoms with E-state index >= 15 is 0 Å². The second kappa shape index (κ2) is 6.30. The summed E-state index contributed by atoms with van der Waals surface area (Å²) in [7, 11) is 1.70. The van der Waals surface area contributed by atoms with Gasteiger partial charge in [0.15, 0.2) is 0 Å². The molecule has 2 aromatic rings. The van der Waals surface area contributed by atoms with Crippen LogP contribution in [0.2, 0.25) is 0 Å². The normalized spacial score (nSPS) is 10.9. The fourth-order valence-corrected chi connectivity index (χ4v) is 3.11. The van der Waals surface area contributed by atoms with Gasteiger partial charge in [0.05, 0.1) is 23.4 Å². The van der Waals surface area contributed by atoms with Crippen molar-refractivity contribution in [2.24, 2.45) is 0 Å². The van der Waals surface area contributed by atoms with Crippen molar-refractivity contribution in [2.75, 3.05) is 20.3 Å². The Kier molecular flexibility index (Phi) is 4.73. The van der Waals surface area contributed by atoms with Gasteiger partial charge in [0.25, 0.3) is 0 Å². The Morgan fingerprint density at radius 2 is 2.47 bits per heavy atom. The minimum absolute atomic E-state index is 0.718. The Hall–Kier alpha value is -0.690. The van der Waals surface area contributed by atoms with E-state index in [9.17, 15) is 0 Å². The van der Waals surface area contributed by atoms with Crippen molar-refractivity contribution >= 4 is 27.3 Å². The maximum atomic E-state index is 4.99. The predicted octanol–water partition coefficient (Wildman–Crippen LogP) is 2.64. The molecule has 0 bridgehead atoms. The molecule has 92 valence electrons. The van der Waals surface area contributed by atoms with E-state index in [2.05, 4.69) is 36.8 Å². The van der Waals surface area contributed by atoms with Crippen LogP contribution in [0.1, 0.15) is 5.56 Å². The second-order valence-electron chi connectivity index (χ2n) is 3.54. The first-order chi connectivity index (χ1) is 8.33. The van der Waals surface area contributed by atoms with Gasteiger partial charge in [0, 0.05) is 30.2 Å². The summed E-state index contributed by atoms with van der Waals surface area (Å²) in [4.78, 5) is 1.19. The molecular formula is C11H14BrN3OS. The van der Waals surface area contributed by atoms with Crippen molar-refractivity contribution in [3.63, 3.8) is 0 Å². The number of nitrogens with one attached hydrogen (secondary N) is 2. The van der Waals surface area contributed by atoms with Gasteiger partial charge in [0.1, 0.15) is 0 Å². The van der Waals surface area contributed by atoms with Crippen molar-refractivity contribution in [3.8, 4) is 10.6 Å². The molecule has 0 aliphatic carbocycles. The van der Waals surface area contributed by atoms with Gasteiger partial charge in [-0.2, -0.15) is 5.10 Å². The number of aromatic nitrogens is 2. The van der Waals surface area contributed by atoms with Crippen LogP contribution in [0.4, 0.5) is 0 Å². The van der Waals surface area contributed by atoms with E-state index in [1.165, 1.54) is 10.4 Å². The van der Waals surface area contributed by atoms with E-state index in [0.717, 1.165) is 29.9 Å². The summed E-state index contributed by atoms with van der Waals surface area (Å²) >= 11 is 5.23. The van der Waals surface area contributed by atoms with E-state index < -0.39 is 0 Å². The van der Waals surface area contributed by atoms with Crippen LogP contribution in [-0.2, 0) is 11.3 Å². The van der Waals surface area contributed by atoms with Crippen molar-refractivity contribution < 1.29 is 4.74 Å². The molecule has 0 saturated heterocycles. The molecule has 2 rings (SSSR count). The lowest BCUT2D eigenvalue weighted by molar-refractivity contribution is 0.199. The minimum Gasteiger partial charge on any atom is -0.383 e. The van der Waals surface area contributed by atoms with E-state index in [0.29, 0.717) is 0 Å². The zero-order valence-electron chi connectivity index (χ0n) is 9.50. The van der Waals surface area contributed by atoms with Crippen LogP contribution in [0.5, 0.6) is 0 Å². The largest absolute Gasteiger partial charge is 0.383 e. The fraction of sp³-hybridized carbons (Fsp3) is 0.364. The van der Waals surface area contributed by atoms with Gasteiger partial charge in [0.2, 0.25) is 0 Å². The first-order valence-electron chi connectivity index (χ1n) is 5.28. The molecule has 0 amide bonds. The second-order valence-corrected chi connectivity index (χ2v) is 5.31. The highest BCUT2D eigenvalue weighted by atomic mass is 79.9. The third kappa shape index (κ3) is 3.16. The Labute approximate surface area is 113 Å². The summed E-state index contributed by atoms with van der Waals surface area (Å²) in [5, 5.41) is 12.5. The molecule has 6 heteroatoms. The molecule has 2 aromatic heterocycles. The number of ether oxygens (including phenoxy) is 1. The summed E-state index contributed by atoms with van der Waals surface area (Å²) in [6.07, 6.45) is 1.86. The predicted molar refractivity (Wildman–Crippen MR) is 73.2 cm³/mol. The molecule has 0 aliphatic heterocycles. The fourth-order valence-electron chi connectivity index (χ4n) is 1.51. The number of H-pyrrole nitrogens is 1. The zero-order chi connectivity index (χ0) is 12.1. The van der Waals surface area contributed by atoms with Crippen LogP contribution in [0, 0.1) is 0 Å². The number of nitrogens with zero attached hydrogens (tertiary/aromatic N) is 1. The van der Waals surface area contributed by atoms with Crippen molar-refractivity contribution in [3.05, 3.63) is 27.7 Å². The highest BCUT2D eigenvalue weighted by Gasteiger charge is 2.11. The topological polar surface area (TPSA) is 49.9 Å². The Morgan fingerprint density at radius 1 is 1.59 bits per heavy atom. The lowest BCUT2D eigenvalue weighted by Crippen LogP contribution is -2.18. The number of rotatable bonds is 6. The van der Waals surface area contributed by atoms with Gasteiger partial charge < -0.3 is 10.1 Å². The summed E-state index contributed by atoms with van der Waals surface area (Å²) in [5.74, 6) is 0. The Bertz CT molecular complexity index is 469. The Morgan fingerprint density at radius 3 is 3.18 bits per heavy atom. The summed E-state index contributed by atoms with van der Waals surface area (Å²) in [6, 6.07) is 2.04. The van der Waals surface area contributed by atoms with Gasteiger partial charge in [-0.25, -0.2) is 0 Å². The van der Waals surface area contributed by atoms with Crippen LogP contribution in [-0.4, -0.2) is 30.5 Å². The van der Waals surface area contributed by atoms with E-state index in [-0.39, 0.29) is 0 Å². The van der Waals surface area contributed by atoms with Gasteiger partial charge in [-0.3, -0.25) is 5.10 Å². The zero-order valence-corrected chi connectivity index (χ0v) is 11.9. The molecule has 4 nitrogen and oxygen atoms in total. The number of aromatic amines is 1. The first-order valence-corrected chi connectivity index (χ1v) is 6.95. The maximum Gasteiger partial charge on any atom is 0.0806 e. The Balaban J connectivity index is 2.05. The van der Waals surface area contributed by atoms with Gasteiger partial charge in [-0.1, -0.05) is 0 Å². The van der Waals surface area contributed by atoms with Gasteiger partial charge in [-0.15, -0.1) is 11.3 Å². The SMILES string of the molecule is COCCNCc1cn[nH]c1-c1sccc1Br. The molecule has 0 aliphatic rings. The highest BCUT2D eigenvalue weighted by molar-refractivity contribution is 9.10. The number of hydrogen-bond acceptors (Lipinski definition) is 4. The minimum atomic E-state index is 0.718. The molecule has 2 N–H and O–H groups in total. The summed E-state index contributed by atoms with van der Waals surface area (Å²) in [5.41, 5.74) is 2.25. The molecule has 0 radical (unpaired) electrons. The maximum absolute atomic E-state index is 4.99. The third-order valence-electron chi connectivity index (χ3n) is 2.36. The molecule has 2 heterocycles. The average Bonchev–Trinajstić information content (AvgIpc) is 2.93. The van der Waals surface area contributed by atoms with Crippen LogP contribution in [0.3, 0.4) is 0 Å². The molecular weight excluding hydrogens is 302 g/mol. The lowest BCUT2D eigenvalue weighted by atomic mass is 10.2. The van der Waals surface area contributed by atoms with E-state index in [4.69, 9.17) is 4.74 Å². The summed E-state index contributed by atoms with van der Waals surface area (Å²) in [6.45, 7) is 2.35. The monoisotopic (exact) mass is 315 g/mol. The van der Waals surface area contributed by atoms with Crippen LogP contribution < -0.4 is 5.32 Å². The number of methoxy groups -OCH3 is 1. The number of halogens is 1. The van der Waals surface area contributed by atoms with E-state index in [1.807, 2.05) is 12.3 Å². The van der Waals surface area contributed by atoms with Gasteiger partial charge >= 0.3 is 0 Å².